The molecule has 0 unspecified atom stereocenters. The summed E-state index contributed by atoms with van der Waals surface area (Å²) in [6.07, 6.45) is -5.03. The zero-order valence-electron chi connectivity index (χ0n) is 14.3. The zero-order valence-corrected chi connectivity index (χ0v) is 14.3. The number of hydrogen-bond acceptors (Lipinski definition) is 3. The van der Waals surface area contributed by atoms with Crippen molar-refractivity contribution < 1.29 is 17.6 Å². The smallest absolute Gasteiger partial charge is 0.247 e. The molecular weight excluding hydrogens is 362 g/mol. The maximum absolute atomic E-state index is 13.3. The van der Waals surface area contributed by atoms with E-state index in [4.69, 9.17) is 0 Å². The van der Waals surface area contributed by atoms with E-state index in [1.807, 2.05) is 0 Å². The van der Waals surface area contributed by atoms with Gasteiger partial charge in [0.25, 0.3) is 0 Å². The normalized spacial score (nSPS) is 19.4. The fourth-order valence-electron chi connectivity index (χ4n) is 3.18. The summed E-state index contributed by atoms with van der Waals surface area (Å²) in [5, 5.41) is 0.324. The number of alkyl halides is 4. The second-order valence-electron chi connectivity index (χ2n) is 6.74. The fourth-order valence-corrected chi connectivity index (χ4v) is 3.18. The average molecular weight is 377 g/mol. The molecule has 1 aliphatic carbocycles. The van der Waals surface area contributed by atoms with Crippen LogP contribution < -0.4 is 5.69 Å². The van der Waals surface area contributed by atoms with Crippen LogP contribution in [0.25, 0.3) is 16.7 Å². The summed E-state index contributed by atoms with van der Waals surface area (Å²) in [6, 6.07) is 8.93. The van der Waals surface area contributed by atoms with Crippen LogP contribution in [0.5, 0.6) is 0 Å². The first-order valence-electron chi connectivity index (χ1n) is 8.45. The first kappa shape index (κ1) is 17.6. The Balaban J connectivity index is 2.01. The van der Waals surface area contributed by atoms with Crippen LogP contribution in [0.1, 0.15) is 23.4 Å². The van der Waals surface area contributed by atoms with E-state index in [2.05, 4.69) is 9.97 Å². The highest BCUT2D eigenvalue weighted by Crippen LogP contribution is 2.38. The molecule has 0 bridgehead atoms. The van der Waals surface area contributed by atoms with Gasteiger partial charge in [0, 0.05) is 5.39 Å². The van der Waals surface area contributed by atoms with E-state index in [-0.39, 0.29) is 23.7 Å². The first-order chi connectivity index (χ1) is 12.8. The summed E-state index contributed by atoms with van der Waals surface area (Å²) < 4.78 is 54.0. The van der Waals surface area contributed by atoms with Crippen molar-refractivity contribution in [3.63, 3.8) is 0 Å². The van der Waals surface area contributed by atoms with Gasteiger partial charge < -0.3 is 0 Å². The molecule has 2 aromatic heterocycles. The van der Waals surface area contributed by atoms with Gasteiger partial charge in [0.1, 0.15) is 11.9 Å². The third kappa shape index (κ3) is 3.20. The molecule has 0 amide bonds. The minimum atomic E-state index is -4.65. The summed E-state index contributed by atoms with van der Waals surface area (Å²) in [4.78, 5) is 20.5. The van der Waals surface area contributed by atoms with Crippen LogP contribution >= 0.6 is 0 Å². The van der Waals surface area contributed by atoms with Crippen molar-refractivity contribution >= 4 is 11.0 Å². The van der Waals surface area contributed by atoms with E-state index in [9.17, 15) is 22.4 Å². The third-order valence-electron chi connectivity index (χ3n) is 4.76. The molecule has 1 aromatic carbocycles. The topological polar surface area (TPSA) is 47.8 Å². The van der Waals surface area contributed by atoms with Gasteiger partial charge in [-0.25, -0.2) is 18.7 Å². The number of para-hydroxylation sites is 1. The Bertz CT molecular complexity index is 1090. The Morgan fingerprint density at radius 1 is 1.15 bits per heavy atom. The highest BCUT2D eigenvalue weighted by molar-refractivity contribution is 5.79. The molecule has 2 heterocycles. The van der Waals surface area contributed by atoms with Gasteiger partial charge in [-0.15, -0.1) is 0 Å². The Hall–Kier alpha value is -2.77. The molecule has 0 N–H and O–H groups in total. The standard InChI is InChI=1S/C19H15F4N3O/c1-10-4-2-3-5-15(10)26-17-12(6-7-16(25-17)19(21,22)23)14(24-18(26)27)9-11-8-13(11)20/h2-7,11,13H,8-9H2,1H3/t11-,13-/m0/s1. The number of aryl methyl sites for hydroxylation is 1. The quantitative estimate of drug-likeness (QED) is 0.648. The second-order valence-corrected chi connectivity index (χ2v) is 6.74. The maximum atomic E-state index is 13.3. The molecule has 0 aliphatic heterocycles. The third-order valence-corrected chi connectivity index (χ3v) is 4.76. The van der Waals surface area contributed by atoms with Gasteiger partial charge in [0.2, 0.25) is 0 Å². The molecule has 1 aliphatic rings. The van der Waals surface area contributed by atoms with Crippen LogP contribution in [0.3, 0.4) is 0 Å². The van der Waals surface area contributed by atoms with Gasteiger partial charge in [0.05, 0.1) is 11.4 Å². The van der Waals surface area contributed by atoms with Crippen molar-refractivity contribution in [2.75, 3.05) is 0 Å². The van der Waals surface area contributed by atoms with Crippen molar-refractivity contribution in [3.05, 3.63) is 63.8 Å². The summed E-state index contributed by atoms with van der Waals surface area (Å²) >= 11 is 0. The first-order valence-corrected chi connectivity index (χ1v) is 8.45. The molecule has 4 nitrogen and oxygen atoms in total. The predicted molar refractivity (Wildman–Crippen MR) is 91.6 cm³/mol. The molecule has 1 saturated carbocycles. The van der Waals surface area contributed by atoms with Crippen LogP contribution in [-0.2, 0) is 12.6 Å². The Morgan fingerprint density at radius 3 is 2.48 bits per heavy atom. The zero-order chi connectivity index (χ0) is 19.3. The predicted octanol–water partition coefficient (Wildman–Crippen LogP) is 4.01. The number of fused-ring (bicyclic) bond motifs is 1. The van der Waals surface area contributed by atoms with Gasteiger partial charge in [-0.1, -0.05) is 18.2 Å². The molecule has 8 heteroatoms. The van der Waals surface area contributed by atoms with Crippen molar-refractivity contribution in [2.24, 2.45) is 5.92 Å². The molecule has 0 spiro atoms. The van der Waals surface area contributed by atoms with Crippen molar-refractivity contribution in [3.8, 4) is 5.69 Å². The molecule has 0 saturated heterocycles. The molecule has 1 fully saturated rings. The van der Waals surface area contributed by atoms with E-state index >= 15 is 0 Å². The van der Waals surface area contributed by atoms with E-state index < -0.39 is 23.7 Å². The SMILES string of the molecule is Cc1ccccc1-n1c(=O)nc(C[C@@H]2C[C@@H]2F)c2ccc(C(F)(F)F)nc21. The lowest BCUT2D eigenvalue weighted by Gasteiger charge is -2.15. The Morgan fingerprint density at radius 2 is 1.85 bits per heavy atom. The number of pyridine rings is 1. The number of nitrogens with zero attached hydrogens (tertiary/aromatic N) is 3. The van der Waals surface area contributed by atoms with Gasteiger partial charge >= 0.3 is 11.9 Å². The lowest BCUT2D eigenvalue weighted by Crippen LogP contribution is -2.26. The van der Waals surface area contributed by atoms with Crippen LogP contribution in [0.15, 0.2) is 41.2 Å². The highest BCUT2D eigenvalue weighted by atomic mass is 19.4. The average Bonchev–Trinajstić information content (AvgIpc) is 3.30. The van der Waals surface area contributed by atoms with Crippen molar-refractivity contribution in [1.29, 1.82) is 0 Å². The molecule has 2 atom stereocenters. The van der Waals surface area contributed by atoms with Gasteiger partial charge in [-0.2, -0.15) is 18.2 Å². The summed E-state index contributed by atoms with van der Waals surface area (Å²) in [7, 11) is 0. The van der Waals surface area contributed by atoms with E-state index in [0.717, 1.165) is 10.6 Å². The van der Waals surface area contributed by atoms with Gasteiger partial charge in [-0.3, -0.25) is 0 Å². The molecule has 0 radical (unpaired) electrons. The minimum Gasteiger partial charge on any atom is -0.247 e. The van der Waals surface area contributed by atoms with Crippen molar-refractivity contribution in [2.45, 2.75) is 32.1 Å². The summed E-state index contributed by atoms with van der Waals surface area (Å²) in [5.41, 5.74) is -0.552. The molecule has 4 rings (SSSR count). The maximum Gasteiger partial charge on any atom is 0.433 e. The number of aromatic nitrogens is 3. The van der Waals surface area contributed by atoms with E-state index in [1.165, 1.54) is 6.07 Å². The molecule has 27 heavy (non-hydrogen) atoms. The Kier molecular flexibility index (Phi) is 4.01. The Labute approximate surface area is 151 Å². The lowest BCUT2D eigenvalue weighted by atomic mass is 10.1. The minimum absolute atomic E-state index is 0.120. The van der Waals surface area contributed by atoms with E-state index in [0.29, 0.717) is 23.1 Å². The van der Waals surface area contributed by atoms with Gasteiger partial charge in [-0.05, 0) is 49.4 Å². The molecule has 3 aromatic rings. The van der Waals surface area contributed by atoms with Crippen LogP contribution in [0.2, 0.25) is 0 Å². The van der Waals surface area contributed by atoms with Crippen molar-refractivity contribution in [1.82, 2.24) is 14.5 Å². The largest absolute Gasteiger partial charge is 0.433 e. The molecular formula is C19H15F4N3O. The summed E-state index contributed by atoms with van der Waals surface area (Å²) in [5.74, 6) is -0.253. The number of halogens is 4. The lowest BCUT2D eigenvalue weighted by molar-refractivity contribution is -0.141. The van der Waals surface area contributed by atoms with Gasteiger partial charge in [0.15, 0.2) is 5.65 Å². The fraction of sp³-hybridized carbons (Fsp3) is 0.316. The van der Waals surface area contributed by atoms with E-state index in [1.54, 1.807) is 31.2 Å². The molecule has 140 valence electrons. The monoisotopic (exact) mass is 377 g/mol. The van der Waals surface area contributed by atoms with Crippen LogP contribution in [0, 0.1) is 12.8 Å². The summed E-state index contributed by atoms with van der Waals surface area (Å²) in [6.45, 7) is 1.74. The number of rotatable bonds is 3. The number of benzene rings is 1. The second kappa shape index (κ2) is 6.14. The van der Waals surface area contributed by atoms with Crippen LogP contribution in [-0.4, -0.2) is 20.7 Å². The highest BCUT2D eigenvalue weighted by Gasteiger charge is 2.38. The number of hydrogen-bond donors (Lipinski definition) is 0. The van der Waals surface area contributed by atoms with Crippen LogP contribution in [0.4, 0.5) is 17.6 Å².